The van der Waals surface area contributed by atoms with Crippen molar-refractivity contribution in [2.75, 3.05) is 18.8 Å². The molecular weight excluding hydrogens is 274 g/mol. The van der Waals surface area contributed by atoms with Crippen LogP contribution >= 0.6 is 0 Å². The molecule has 6 N–H and O–H groups in total. The Bertz CT molecular complexity index is 423. The quantitative estimate of drug-likeness (QED) is 0.874. The Morgan fingerprint density at radius 2 is 2.05 bits per heavy atom. The number of hydrogen-bond acceptors (Lipinski definition) is 5. The number of nitrogen functional groups attached to an aromatic ring is 1. The monoisotopic (exact) mass is 301 g/mol. The molecule has 21 heavy (non-hydrogen) atoms. The first kappa shape index (κ1) is 19.6. The van der Waals surface area contributed by atoms with E-state index in [1.165, 1.54) is 0 Å². The summed E-state index contributed by atoms with van der Waals surface area (Å²) in [5.74, 6) is 0.519. The third-order valence-electron chi connectivity index (χ3n) is 2.82. The van der Waals surface area contributed by atoms with E-state index in [0.29, 0.717) is 11.6 Å². The second kappa shape index (κ2) is 8.14. The van der Waals surface area contributed by atoms with Crippen LogP contribution in [0.2, 0.25) is 0 Å². The molecule has 0 spiro atoms. The molecule has 0 aromatic carbocycles. The normalized spacial score (nSPS) is 19.3. The maximum absolute atomic E-state index is 5.88. The molecule has 2 rings (SSSR count). The van der Waals surface area contributed by atoms with Crippen molar-refractivity contribution in [2.24, 2.45) is 0 Å². The van der Waals surface area contributed by atoms with Gasteiger partial charge in [0.1, 0.15) is 6.10 Å². The summed E-state index contributed by atoms with van der Waals surface area (Å²) in [5.41, 5.74) is 6.25. The highest BCUT2D eigenvalue weighted by atomic mass is 16.7. The zero-order valence-electron chi connectivity index (χ0n) is 12.9. The highest BCUT2D eigenvalue weighted by molar-refractivity contribution is 5.46. The number of nitrogens with zero attached hydrogens (tertiary/aromatic N) is 2. The fraction of sp³-hybridized carbons (Fsp3) is 0.643. The average molecular weight is 301 g/mol. The van der Waals surface area contributed by atoms with Gasteiger partial charge in [0.2, 0.25) is 5.88 Å². The number of aromatic nitrogens is 1. The molecule has 0 saturated carbocycles. The minimum absolute atomic E-state index is 0. The lowest BCUT2D eigenvalue weighted by Gasteiger charge is -2.36. The van der Waals surface area contributed by atoms with Crippen molar-refractivity contribution in [1.29, 1.82) is 0 Å². The van der Waals surface area contributed by atoms with Gasteiger partial charge in [0, 0.05) is 12.7 Å². The van der Waals surface area contributed by atoms with Gasteiger partial charge in [0.05, 0.1) is 17.8 Å². The van der Waals surface area contributed by atoms with E-state index in [1.807, 2.05) is 25.8 Å². The summed E-state index contributed by atoms with van der Waals surface area (Å²) in [5, 5.41) is 1.98. The molecule has 122 valence electrons. The average Bonchev–Trinajstić information content (AvgIpc) is 2.30. The predicted octanol–water partition coefficient (Wildman–Crippen LogP) is 0.588. The highest BCUT2D eigenvalue weighted by Gasteiger charge is 2.26. The number of ether oxygens (including phenoxy) is 1. The molecule has 7 nitrogen and oxygen atoms in total. The summed E-state index contributed by atoms with van der Waals surface area (Å²) in [6.45, 7) is 7.83. The van der Waals surface area contributed by atoms with Crippen LogP contribution in [0.15, 0.2) is 18.3 Å². The smallest absolute Gasteiger partial charge is 0.237 e. The SMILES string of the molecule is CC(C)(C)ON1CCCC(Oc2ncccc2N)C1.O.O. The van der Waals surface area contributed by atoms with Crippen LogP contribution in [0, 0.1) is 0 Å². The molecule has 1 saturated heterocycles. The lowest BCUT2D eigenvalue weighted by atomic mass is 10.1. The van der Waals surface area contributed by atoms with Crippen LogP contribution in [0.5, 0.6) is 5.88 Å². The molecule has 1 atom stereocenters. The Labute approximate surface area is 125 Å². The number of anilines is 1. The number of pyridine rings is 1. The molecule has 1 unspecified atom stereocenters. The van der Waals surface area contributed by atoms with E-state index in [1.54, 1.807) is 18.3 Å². The van der Waals surface area contributed by atoms with Crippen molar-refractivity contribution in [3.8, 4) is 5.88 Å². The summed E-state index contributed by atoms with van der Waals surface area (Å²) in [7, 11) is 0. The summed E-state index contributed by atoms with van der Waals surface area (Å²) < 4.78 is 5.87. The van der Waals surface area contributed by atoms with Crippen LogP contribution in [-0.2, 0) is 4.84 Å². The van der Waals surface area contributed by atoms with Gasteiger partial charge in [-0.25, -0.2) is 4.98 Å². The second-order valence-electron chi connectivity index (χ2n) is 5.87. The topological polar surface area (TPSA) is 124 Å². The van der Waals surface area contributed by atoms with Gasteiger partial charge in [-0.1, -0.05) is 0 Å². The zero-order chi connectivity index (χ0) is 13.9. The number of nitrogens with two attached hydrogens (primary N) is 1. The zero-order valence-corrected chi connectivity index (χ0v) is 12.9. The highest BCUT2D eigenvalue weighted by Crippen LogP contribution is 2.23. The van der Waals surface area contributed by atoms with Crippen molar-refractivity contribution in [2.45, 2.75) is 45.3 Å². The standard InChI is InChI=1S/C14H23N3O2.2H2O/c1-14(2,3)19-17-9-5-6-11(10-17)18-13-12(15)7-4-8-16-13;;/h4,7-8,11H,5-6,9-10,15H2,1-3H3;2*1H2. The Balaban J connectivity index is 0.00000200. The van der Waals surface area contributed by atoms with Gasteiger partial charge < -0.3 is 21.4 Å². The second-order valence-corrected chi connectivity index (χ2v) is 5.87. The number of hydroxylamine groups is 2. The summed E-state index contributed by atoms with van der Waals surface area (Å²) in [6, 6.07) is 3.60. The Morgan fingerprint density at radius 3 is 2.67 bits per heavy atom. The fourth-order valence-electron chi connectivity index (χ4n) is 2.13. The first-order valence-electron chi connectivity index (χ1n) is 6.75. The molecule has 0 amide bonds. The van der Waals surface area contributed by atoms with Crippen LogP contribution in [-0.4, -0.2) is 45.8 Å². The largest absolute Gasteiger partial charge is 0.471 e. The number of hydrogen-bond donors (Lipinski definition) is 1. The van der Waals surface area contributed by atoms with Gasteiger partial charge in [0.25, 0.3) is 0 Å². The molecule has 1 aliphatic rings. The van der Waals surface area contributed by atoms with E-state index in [9.17, 15) is 0 Å². The van der Waals surface area contributed by atoms with Crippen LogP contribution < -0.4 is 10.5 Å². The molecule has 2 heterocycles. The van der Waals surface area contributed by atoms with E-state index < -0.39 is 0 Å². The number of rotatable bonds is 3. The minimum Gasteiger partial charge on any atom is -0.471 e. The van der Waals surface area contributed by atoms with Crippen molar-refractivity contribution in [3.05, 3.63) is 18.3 Å². The summed E-state index contributed by atoms with van der Waals surface area (Å²) >= 11 is 0. The van der Waals surface area contributed by atoms with Crippen LogP contribution in [0.1, 0.15) is 33.6 Å². The minimum atomic E-state index is -0.175. The molecular formula is C14H27N3O4. The third-order valence-corrected chi connectivity index (χ3v) is 2.82. The van der Waals surface area contributed by atoms with Crippen LogP contribution in [0.25, 0.3) is 0 Å². The maximum atomic E-state index is 5.88. The lowest BCUT2D eigenvalue weighted by Crippen LogP contribution is -2.44. The molecule has 0 aliphatic carbocycles. The lowest BCUT2D eigenvalue weighted by molar-refractivity contribution is -0.245. The van der Waals surface area contributed by atoms with Gasteiger partial charge in [-0.15, -0.1) is 0 Å². The van der Waals surface area contributed by atoms with Crippen molar-refractivity contribution in [3.63, 3.8) is 0 Å². The predicted molar refractivity (Wildman–Crippen MR) is 81.9 cm³/mol. The first-order valence-corrected chi connectivity index (χ1v) is 6.75. The van der Waals surface area contributed by atoms with Gasteiger partial charge in [-0.05, 0) is 45.7 Å². The van der Waals surface area contributed by atoms with E-state index in [2.05, 4.69) is 4.98 Å². The van der Waals surface area contributed by atoms with Crippen molar-refractivity contribution < 1.29 is 20.5 Å². The summed E-state index contributed by atoms with van der Waals surface area (Å²) in [6.07, 6.45) is 3.82. The molecule has 1 aliphatic heterocycles. The molecule has 1 aromatic heterocycles. The maximum Gasteiger partial charge on any atom is 0.237 e. The van der Waals surface area contributed by atoms with E-state index in [4.69, 9.17) is 15.3 Å². The Hall–Kier alpha value is -1.41. The van der Waals surface area contributed by atoms with Gasteiger partial charge in [-0.3, -0.25) is 4.84 Å². The number of piperidine rings is 1. The Morgan fingerprint density at radius 1 is 1.33 bits per heavy atom. The fourth-order valence-corrected chi connectivity index (χ4v) is 2.13. The third kappa shape index (κ3) is 6.26. The van der Waals surface area contributed by atoms with E-state index in [-0.39, 0.29) is 22.7 Å². The van der Waals surface area contributed by atoms with Crippen LogP contribution in [0.3, 0.4) is 0 Å². The van der Waals surface area contributed by atoms with Crippen molar-refractivity contribution >= 4 is 5.69 Å². The van der Waals surface area contributed by atoms with Crippen molar-refractivity contribution in [1.82, 2.24) is 10.0 Å². The summed E-state index contributed by atoms with van der Waals surface area (Å²) in [4.78, 5) is 10.0. The van der Waals surface area contributed by atoms with Gasteiger partial charge in [0.15, 0.2) is 0 Å². The molecule has 1 fully saturated rings. The van der Waals surface area contributed by atoms with Crippen LogP contribution in [0.4, 0.5) is 5.69 Å². The van der Waals surface area contributed by atoms with E-state index >= 15 is 0 Å². The molecule has 1 aromatic rings. The molecule has 7 heteroatoms. The Kier molecular flexibility index (Phi) is 7.59. The van der Waals surface area contributed by atoms with Gasteiger partial charge >= 0.3 is 0 Å². The molecule has 0 radical (unpaired) electrons. The first-order chi connectivity index (χ1) is 8.94. The molecule has 0 bridgehead atoms. The van der Waals surface area contributed by atoms with E-state index in [0.717, 1.165) is 25.9 Å². The van der Waals surface area contributed by atoms with Gasteiger partial charge in [-0.2, -0.15) is 5.06 Å².